The van der Waals surface area contributed by atoms with Crippen LogP contribution in [-0.4, -0.2) is 30.5 Å². The molecule has 1 aliphatic rings. The molecule has 1 amide bonds. The second kappa shape index (κ2) is 9.61. The van der Waals surface area contributed by atoms with Gasteiger partial charge in [0, 0.05) is 11.3 Å². The van der Waals surface area contributed by atoms with Crippen LogP contribution in [0.2, 0.25) is 5.02 Å². The number of ketones is 1. The first-order valence-electron chi connectivity index (χ1n) is 10.8. The number of para-hydroxylation sites is 1. The summed E-state index contributed by atoms with van der Waals surface area (Å²) in [6, 6.07) is 18.3. The van der Waals surface area contributed by atoms with Crippen LogP contribution in [0.1, 0.15) is 29.7 Å². The van der Waals surface area contributed by atoms with Gasteiger partial charge in [0.15, 0.2) is 0 Å². The van der Waals surface area contributed by atoms with Gasteiger partial charge in [-0.25, -0.2) is 0 Å². The fourth-order valence-corrected chi connectivity index (χ4v) is 4.31. The molecule has 1 N–H and O–H groups in total. The zero-order valence-electron chi connectivity index (χ0n) is 19.0. The van der Waals surface area contributed by atoms with Gasteiger partial charge in [-0.2, -0.15) is 0 Å². The molecule has 3 aromatic rings. The summed E-state index contributed by atoms with van der Waals surface area (Å²) >= 11 is 6.36. The molecule has 0 bridgehead atoms. The molecule has 7 heteroatoms. The molecule has 1 heterocycles. The van der Waals surface area contributed by atoms with Crippen molar-refractivity contribution in [2.75, 3.05) is 18.6 Å². The number of carbonyl (C=O) groups is 2. The molecule has 0 aromatic heterocycles. The first kappa shape index (κ1) is 23.4. The quantitative estimate of drug-likeness (QED) is 0.281. The molecule has 1 atom stereocenters. The average molecular weight is 478 g/mol. The molecule has 1 aliphatic heterocycles. The van der Waals surface area contributed by atoms with Crippen molar-refractivity contribution in [2.45, 2.75) is 19.9 Å². The van der Waals surface area contributed by atoms with Crippen LogP contribution in [0.25, 0.3) is 5.76 Å². The van der Waals surface area contributed by atoms with Crippen molar-refractivity contribution in [1.29, 1.82) is 0 Å². The lowest BCUT2D eigenvalue weighted by atomic mass is 9.94. The number of hydrogen-bond donors (Lipinski definition) is 1. The summed E-state index contributed by atoms with van der Waals surface area (Å²) in [7, 11) is 1.49. The normalized spacial score (nSPS) is 17.2. The highest BCUT2D eigenvalue weighted by Crippen LogP contribution is 2.44. The largest absolute Gasteiger partial charge is 0.507 e. The Kier molecular flexibility index (Phi) is 6.61. The van der Waals surface area contributed by atoms with E-state index < -0.39 is 17.7 Å². The fourth-order valence-electron chi connectivity index (χ4n) is 4.10. The second-order valence-corrected chi connectivity index (χ2v) is 8.21. The van der Waals surface area contributed by atoms with Crippen LogP contribution in [0.4, 0.5) is 5.69 Å². The maximum atomic E-state index is 13.3. The molecule has 6 nitrogen and oxygen atoms in total. The molecule has 1 unspecified atom stereocenters. The minimum absolute atomic E-state index is 0.0485. The molecule has 0 spiro atoms. The van der Waals surface area contributed by atoms with Gasteiger partial charge in [0.1, 0.15) is 17.3 Å². The van der Waals surface area contributed by atoms with Crippen molar-refractivity contribution in [3.8, 4) is 11.5 Å². The molecular formula is C27H24ClNO5. The maximum absolute atomic E-state index is 13.3. The van der Waals surface area contributed by atoms with Crippen molar-refractivity contribution >= 4 is 34.7 Å². The summed E-state index contributed by atoms with van der Waals surface area (Å²) in [4.78, 5) is 28.1. The smallest absolute Gasteiger partial charge is 0.300 e. The average Bonchev–Trinajstić information content (AvgIpc) is 3.10. The van der Waals surface area contributed by atoms with E-state index in [1.165, 1.54) is 18.1 Å². The number of rotatable bonds is 6. The molecule has 174 valence electrons. The number of aryl methyl sites for hydroxylation is 1. The second-order valence-electron chi connectivity index (χ2n) is 7.80. The number of nitrogens with zero attached hydrogens (tertiary/aromatic N) is 1. The van der Waals surface area contributed by atoms with Crippen LogP contribution >= 0.6 is 11.6 Å². The molecule has 34 heavy (non-hydrogen) atoms. The first-order valence-corrected chi connectivity index (χ1v) is 11.2. The van der Waals surface area contributed by atoms with Gasteiger partial charge in [-0.1, -0.05) is 41.9 Å². The number of anilines is 1. The van der Waals surface area contributed by atoms with E-state index in [1.54, 1.807) is 48.5 Å². The number of aliphatic hydroxyl groups is 1. The van der Waals surface area contributed by atoms with Crippen LogP contribution in [-0.2, 0) is 9.59 Å². The van der Waals surface area contributed by atoms with E-state index in [4.69, 9.17) is 21.1 Å². The Hall–Kier alpha value is -3.77. The topological polar surface area (TPSA) is 76.1 Å². The summed E-state index contributed by atoms with van der Waals surface area (Å²) in [5, 5.41) is 11.6. The third kappa shape index (κ3) is 4.13. The minimum atomic E-state index is -0.862. The molecule has 4 rings (SSSR count). The van der Waals surface area contributed by atoms with Gasteiger partial charge in [0.05, 0.1) is 30.4 Å². The number of hydrogen-bond acceptors (Lipinski definition) is 5. The van der Waals surface area contributed by atoms with E-state index in [1.807, 2.05) is 26.0 Å². The molecular weight excluding hydrogens is 454 g/mol. The van der Waals surface area contributed by atoms with E-state index in [0.29, 0.717) is 29.4 Å². The molecule has 1 saturated heterocycles. The van der Waals surface area contributed by atoms with Crippen LogP contribution in [0.15, 0.2) is 72.3 Å². The lowest BCUT2D eigenvalue weighted by Gasteiger charge is -2.27. The van der Waals surface area contributed by atoms with Gasteiger partial charge in [-0.05, 0) is 61.4 Å². The van der Waals surface area contributed by atoms with Gasteiger partial charge in [-0.15, -0.1) is 0 Å². The summed E-state index contributed by atoms with van der Waals surface area (Å²) in [6.07, 6.45) is 0. The van der Waals surface area contributed by atoms with Crippen molar-refractivity contribution < 1.29 is 24.2 Å². The van der Waals surface area contributed by atoms with Gasteiger partial charge in [-0.3, -0.25) is 14.5 Å². The minimum Gasteiger partial charge on any atom is -0.507 e. The maximum Gasteiger partial charge on any atom is 0.300 e. The summed E-state index contributed by atoms with van der Waals surface area (Å²) in [5.41, 5.74) is 2.21. The Balaban J connectivity index is 1.96. The Labute approximate surface area is 203 Å². The van der Waals surface area contributed by atoms with Crippen molar-refractivity contribution in [3.63, 3.8) is 0 Å². The summed E-state index contributed by atoms with van der Waals surface area (Å²) in [5.74, 6) is -0.767. The highest BCUT2D eigenvalue weighted by Gasteiger charge is 2.47. The molecule has 3 aromatic carbocycles. The highest BCUT2D eigenvalue weighted by atomic mass is 35.5. The van der Waals surface area contributed by atoms with E-state index in [9.17, 15) is 14.7 Å². The number of amides is 1. The van der Waals surface area contributed by atoms with Crippen LogP contribution < -0.4 is 14.4 Å². The molecule has 0 radical (unpaired) electrons. The van der Waals surface area contributed by atoms with Crippen LogP contribution in [0.3, 0.4) is 0 Å². The predicted octanol–water partition coefficient (Wildman–Crippen LogP) is 5.68. The molecule has 0 saturated carbocycles. The summed E-state index contributed by atoms with van der Waals surface area (Å²) < 4.78 is 10.8. The van der Waals surface area contributed by atoms with Crippen molar-refractivity contribution in [1.82, 2.24) is 0 Å². The number of methoxy groups -OCH3 is 1. The number of halogens is 1. The zero-order valence-corrected chi connectivity index (χ0v) is 19.8. The van der Waals surface area contributed by atoms with Crippen LogP contribution in [0.5, 0.6) is 11.5 Å². The third-order valence-corrected chi connectivity index (χ3v) is 6.08. The van der Waals surface area contributed by atoms with Gasteiger partial charge in [0.2, 0.25) is 0 Å². The third-order valence-electron chi connectivity index (χ3n) is 5.75. The van der Waals surface area contributed by atoms with Gasteiger partial charge in [0.25, 0.3) is 11.7 Å². The number of carbonyl (C=O) groups excluding carboxylic acids is 2. The zero-order chi connectivity index (χ0) is 24.4. The number of Topliss-reactive ketones (excluding diaryl/α,β-unsaturated/α-hetero) is 1. The Morgan fingerprint density at radius 3 is 2.35 bits per heavy atom. The van der Waals surface area contributed by atoms with E-state index in [-0.39, 0.29) is 21.9 Å². The Morgan fingerprint density at radius 2 is 1.71 bits per heavy atom. The first-order chi connectivity index (χ1) is 16.4. The van der Waals surface area contributed by atoms with E-state index >= 15 is 0 Å². The van der Waals surface area contributed by atoms with E-state index in [0.717, 1.165) is 5.56 Å². The standard InChI is InChI=1S/C27H24ClNO5/c1-4-34-18-11-9-17(10-12-18)24-23(25(30)20-15-19(33-3)13-14-21(20)28)26(31)27(32)29(24)22-8-6-5-7-16(22)2/h5-15,24,30H,4H2,1-3H3/b25-23+. The lowest BCUT2D eigenvalue weighted by Crippen LogP contribution is -2.30. The number of ether oxygens (including phenoxy) is 2. The lowest BCUT2D eigenvalue weighted by molar-refractivity contribution is -0.132. The number of benzene rings is 3. The highest BCUT2D eigenvalue weighted by molar-refractivity contribution is 6.52. The predicted molar refractivity (Wildman–Crippen MR) is 132 cm³/mol. The van der Waals surface area contributed by atoms with E-state index in [2.05, 4.69) is 0 Å². The van der Waals surface area contributed by atoms with Crippen molar-refractivity contribution in [2.24, 2.45) is 0 Å². The monoisotopic (exact) mass is 477 g/mol. The fraction of sp³-hybridized carbons (Fsp3) is 0.185. The molecule has 1 fully saturated rings. The molecule has 0 aliphatic carbocycles. The SMILES string of the molecule is CCOc1ccc(C2/C(=C(\O)c3cc(OC)ccc3Cl)C(=O)C(=O)N2c2ccccc2C)cc1. The van der Waals surface area contributed by atoms with Gasteiger partial charge >= 0.3 is 0 Å². The number of aliphatic hydroxyl groups excluding tert-OH is 1. The Morgan fingerprint density at radius 1 is 1.03 bits per heavy atom. The van der Waals surface area contributed by atoms with Crippen LogP contribution in [0, 0.1) is 6.92 Å². The van der Waals surface area contributed by atoms with Gasteiger partial charge < -0.3 is 14.6 Å². The summed E-state index contributed by atoms with van der Waals surface area (Å²) in [6.45, 7) is 4.26. The Bertz CT molecular complexity index is 1280. The van der Waals surface area contributed by atoms with Crippen molar-refractivity contribution in [3.05, 3.63) is 94.0 Å².